The van der Waals surface area contributed by atoms with E-state index in [2.05, 4.69) is 31.4 Å². The molecule has 148 valence electrons. The second-order valence-corrected chi connectivity index (χ2v) is 6.63. The van der Waals surface area contributed by atoms with Crippen LogP contribution in [-0.2, 0) is 0 Å². The van der Waals surface area contributed by atoms with Gasteiger partial charge in [0.05, 0.1) is 16.7 Å². The summed E-state index contributed by atoms with van der Waals surface area (Å²) in [5.41, 5.74) is 0.415. The zero-order valence-electron chi connectivity index (χ0n) is 14.7. The Morgan fingerprint density at radius 1 is 1.14 bits per heavy atom. The number of amides is 1. The van der Waals surface area contributed by atoms with Crippen molar-refractivity contribution in [1.82, 2.24) is 10.2 Å². The Hall–Kier alpha value is -3.80. The second kappa shape index (κ2) is 8.06. The molecule has 0 saturated carbocycles. The van der Waals surface area contributed by atoms with Gasteiger partial charge < -0.3 is 20.2 Å². The number of benzene rings is 2. The molecule has 0 atom stereocenters. The van der Waals surface area contributed by atoms with E-state index < -0.39 is 21.6 Å². The molecule has 0 bridgehead atoms. The molecule has 0 fully saturated rings. The molecule has 0 aliphatic carbocycles. The first-order valence-corrected chi connectivity index (χ1v) is 8.77. The van der Waals surface area contributed by atoms with Crippen molar-refractivity contribution in [2.75, 3.05) is 5.32 Å². The van der Waals surface area contributed by atoms with Crippen molar-refractivity contribution in [2.45, 2.75) is 6.92 Å². The van der Waals surface area contributed by atoms with Crippen molar-refractivity contribution in [2.24, 2.45) is 0 Å². The van der Waals surface area contributed by atoms with Gasteiger partial charge in [-0.2, -0.15) is 0 Å². The number of nitro groups is 2. The van der Waals surface area contributed by atoms with Gasteiger partial charge in [0.1, 0.15) is 16.0 Å². The highest BCUT2D eigenvalue weighted by Gasteiger charge is 2.25. The molecule has 0 radical (unpaired) electrons. The van der Waals surface area contributed by atoms with E-state index in [1.165, 1.54) is 12.1 Å². The minimum Gasteiger partial charge on any atom is -0.457 e. The number of rotatable bonds is 6. The third kappa shape index (κ3) is 4.55. The molecule has 0 aliphatic heterocycles. The van der Waals surface area contributed by atoms with E-state index in [1.807, 2.05) is 13.0 Å². The summed E-state index contributed by atoms with van der Waals surface area (Å²) < 4.78 is 5.52. The summed E-state index contributed by atoms with van der Waals surface area (Å²) in [6, 6.07) is 10.8. The smallest absolute Gasteiger partial charge is 0.357 e. The molecular formula is C17H12BrN5O6. The quantitative estimate of drug-likeness (QED) is 0.408. The fourth-order valence-corrected chi connectivity index (χ4v) is 2.92. The number of aromatic nitrogens is 2. The maximum Gasteiger partial charge on any atom is 0.357 e. The molecule has 29 heavy (non-hydrogen) atoms. The van der Waals surface area contributed by atoms with Crippen LogP contribution in [0.4, 0.5) is 17.2 Å². The monoisotopic (exact) mass is 461 g/mol. The number of ether oxygens (including phenoxy) is 1. The van der Waals surface area contributed by atoms with Gasteiger partial charge in [0.15, 0.2) is 5.69 Å². The summed E-state index contributed by atoms with van der Waals surface area (Å²) in [5.74, 6) is -0.693. The number of carbonyl (C=O) groups excluding carboxylic acids is 1. The lowest BCUT2D eigenvalue weighted by Gasteiger charge is -2.09. The summed E-state index contributed by atoms with van der Waals surface area (Å²) in [6.07, 6.45) is 0. The molecule has 11 nitrogen and oxygen atoms in total. The highest BCUT2D eigenvalue weighted by Crippen LogP contribution is 2.31. The highest BCUT2D eigenvalue weighted by molar-refractivity contribution is 9.10. The molecule has 3 aromatic rings. The van der Waals surface area contributed by atoms with Crippen LogP contribution in [0.2, 0.25) is 0 Å². The molecule has 1 amide bonds. The number of non-ortho nitro benzene ring substituents is 1. The maximum atomic E-state index is 12.4. The lowest BCUT2D eigenvalue weighted by Crippen LogP contribution is -2.13. The number of nitro benzene ring substituents is 1. The van der Waals surface area contributed by atoms with Gasteiger partial charge in [0, 0.05) is 12.1 Å². The van der Waals surface area contributed by atoms with E-state index in [0.717, 1.165) is 11.6 Å². The van der Waals surface area contributed by atoms with Gasteiger partial charge >= 0.3 is 5.82 Å². The van der Waals surface area contributed by atoms with Crippen molar-refractivity contribution in [3.8, 4) is 11.5 Å². The van der Waals surface area contributed by atoms with Gasteiger partial charge in [-0.15, -0.1) is 5.10 Å². The van der Waals surface area contributed by atoms with E-state index >= 15 is 0 Å². The molecule has 2 N–H and O–H groups in total. The number of nitrogens with zero attached hydrogens (tertiary/aromatic N) is 3. The molecular weight excluding hydrogens is 450 g/mol. The fraction of sp³-hybridized carbons (Fsp3) is 0.0588. The van der Waals surface area contributed by atoms with Crippen LogP contribution in [0.15, 0.2) is 46.9 Å². The summed E-state index contributed by atoms with van der Waals surface area (Å²) in [6.45, 7) is 1.87. The SMILES string of the molecule is Cc1cccc(Oc2cc(NC(=O)c3n[nH]c([N+](=O)[O-])c3Br)cc([N+](=O)[O-])c2)c1. The molecule has 2 aromatic carbocycles. The molecule has 1 aromatic heterocycles. The molecule has 0 aliphatic rings. The van der Waals surface area contributed by atoms with Crippen LogP contribution in [0.1, 0.15) is 16.1 Å². The fourth-order valence-electron chi connectivity index (χ4n) is 2.42. The van der Waals surface area contributed by atoms with Crippen LogP contribution in [0, 0.1) is 27.2 Å². The molecule has 0 spiro atoms. The first-order valence-electron chi connectivity index (χ1n) is 7.98. The second-order valence-electron chi connectivity index (χ2n) is 5.84. The summed E-state index contributed by atoms with van der Waals surface area (Å²) in [5, 5.41) is 30.3. The number of hydrogen-bond donors (Lipinski definition) is 2. The first-order chi connectivity index (χ1) is 13.7. The Kier molecular flexibility index (Phi) is 5.54. The van der Waals surface area contributed by atoms with Crippen LogP contribution in [0.25, 0.3) is 0 Å². The number of carbonyl (C=O) groups is 1. The predicted molar refractivity (Wildman–Crippen MR) is 105 cm³/mol. The maximum absolute atomic E-state index is 12.4. The van der Waals surface area contributed by atoms with E-state index in [-0.39, 0.29) is 27.3 Å². The Labute approximate surface area is 171 Å². The van der Waals surface area contributed by atoms with Crippen LogP contribution in [0.3, 0.4) is 0 Å². The topological polar surface area (TPSA) is 153 Å². The number of nitrogens with one attached hydrogen (secondary N) is 2. The van der Waals surface area contributed by atoms with Gasteiger partial charge in [-0.3, -0.25) is 14.9 Å². The van der Waals surface area contributed by atoms with Crippen LogP contribution < -0.4 is 10.1 Å². The van der Waals surface area contributed by atoms with E-state index in [9.17, 15) is 25.0 Å². The first kappa shape index (κ1) is 19.9. The number of halogens is 1. The van der Waals surface area contributed by atoms with Crippen molar-refractivity contribution in [3.63, 3.8) is 0 Å². The lowest BCUT2D eigenvalue weighted by atomic mass is 10.2. The number of H-pyrrole nitrogens is 1. The summed E-state index contributed by atoms with van der Waals surface area (Å²) in [4.78, 5) is 33.1. The van der Waals surface area contributed by atoms with Gasteiger partial charge in [-0.25, -0.2) is 0 Å². The molecule has 1 heterocycles. The minimum atomic E-state index is -0.803. The average molecular weight is 462 g/mol. The highest BCUT2D eigenvalue weighted by atomic mass is 79.9. The van der Waals surface area contributed by atoms with E-state index in [0.29, 0.717) is 5.75 Å². The Bertz CT molecular complexity index is 1130. The largest absolute Gasteiger partial charge is 0.457 e. The van der Waals surface area contributed by atoms with Gasteiger partial charge in [-0.05, 0) is 45.5 Å². The number of aromatic amines is 1. The molecule has 0 unspecified atom stereocenters. The van der Waals surface area contributed by atoms with Crippen molar-refractivity contribution < 1.29 is 19.4 Å². The third-order valence-corrected chi connectivity index (χ3v) is 4.42. The zero-order valence-corrected chi connectivity index (χ0v) is 16.3. The molecule has 3 rings (SSSR count). The molecule has 0 saturated heterocycles. The molecule has 12 heteroatoms. The zero-order chi connectivity index (χ0) is 21.1. The van der Waals surface area contributed by atoms with Gasteiger partial charge in [0.25, 0.3) is 11.6 Å². The van der Waals surface area contributed by atoms with E-state index in [4.69, 9.17) is 4.74 Å². The van der Waals surface area contributed by atoms with Crippen molar-refractivity contribution in [3.05, 3.63) is 78.4 Å². The minimum absolute atomic E-state index is 0.0596. The number of hydrogen-bond acceptors (Lipinski definition) is 7. The Morgan fingerprint density at radius 3 is 2.52 bits per heavy atom. The Balaban J connectivity index is 1.90. The van der Waals surface area contributed by atoms with Crippen LogP contribution >= 0.6 is 15.9 Å². The lowest BCUT2D eigenvalue weighted by molar-refractivity contribution is -0.390. The number of anilines is 1. The summed E-state index contributed by atoms with van der Waals surface area (Å²) in [7, 11) is 0. The average Bonchev–Trinajstić information content (AvgIpc) is 3.03. The third-order valence-electron chi connectivity index (χ3n) is 3.67. The van der Waals surface area contributed by atoms with Crippen LogP contribution in [0.5, 0.6) is 11.5 Å². The van der Waals surface area contributed by atoms with Gasteiger partial charge in [-0.1, -0.05) is 17.2 Å². The van der Waals surface area contributed by atoms with Gasteiger partial charge in [0.2, 0.25) is 0 Å². The standard InChI is InChI=1S/C17H12BrN5O6/c1-9-3-2-4-12(5-9)29-13-7-10(6-11(8-13)22(25)26)19-17(24)15-14(18)16(21-20-15)23(27)28/h2-8H,1H3,(H,19,24)(H,20,21). The van der Waals surface area contributed by atoms with E-state index in [1.54, 1.807) is 18.2 Å². The Morgan fingerprint density at radius 2 is 1.90 bits per heavy atom. The normalized spacial score (nSPS) is 10.4. The number of aryl methyl sites for hydroxylation is 1. The summed E-state index contributed by atoms with van der Waals surface area (Å²) >= 11 is 2.94. The van der Waals surface area contributed by atoms with Crippen molar-refractivity contribution in [1.29, 1.82) is 0 Å². The van der Waals surface area contributed by atoms with Crippen LogP contribution in [-0.4, -0.2) is 26.0 Å². The van der Waals surface area contributed by atoms with Crippen molar-refractivity contribution >= 4 is 39.0 Å². The predicted octanol–water partition coefficient (Wildman–Crippen LogP) is 4.34.